The Kier molecular flexibility index (Phi) is 4.17. The summed E-state index contributed by atoms with van der Waals surface area (Å²) in [6, 6.07) is 15.6. The number of hydrogen-bond donors (Lipinski definition) is 1. The summed E-state index contributed by atoms with van der Waals surface area (Å²) in [7, 11) is 1.55. The van der Waals surface area contributed by atoms with Crippen LogP contribution < -0.4 is 14.8 Å². The molecule has 2 atom stereocenters. The van der Waals surface area contributed by atoms with Crippen molar-refractivity contribution in [3.63, 3.8) is 0 Å². The van der Waals surface area contributed by atoms with Gasteiger partial charge in [-0.2, -0.15) is 5.26 Å². The number of ether oxygens (including phenoxy) is 2. The maximum absolute atomic E-state index is 9.04. The van der Waals surface area contributed by atoms with E-state index in [1.54, 1.807) is 25.3 Å². The first-order chi connectivity index (χ1) is 12.3. The first-order valence-electron chi connectivity index (χ1n) is 8.54. The van der Waals surface area contributed by atoms with Crippen LogP contribution in [0.5, 0.6) is 17.2 Å². The molecular formula is C21H20N2O2. The molecule has 0 saturated carbocycles. The Morgan fingerprint density at radius 2 is 1.88 bits per heavy atom. The molecule has 0 aromatic heterocycles. The van der Waals surface area contributed by atoms with Crippen molar-refractivity contribution < 1.29 is 9.47 Å². The number of nitrogens with one attached hydrogen (secondary N) is 1. The average Bonchev–Trinajstić information content (AvgIpc) is 3.24. The van der Waals surface area contributed by atoms with Gasteiger partial charge in [0, 0.05) is 12.6 Å². The van der Waals surface area contributed by atoms with Crippen molar-refractivity contribution in [1.29, 1.82) is 5.26 Å². The molecular weight excluding hydrogens is 312 g/mol. The van der Waals surface area contributed by atoms with E-state index in [1.165, 1.54) is 11.1 Å². The second-order valence-corrected chi connectivity index (χ2v) is 6.58. The normalized spacial score (nSPS) is 21.4. The van der Waals surface area contributed by atoms with Crippen LogP contribution in [-0.2, 0) is 0 Å². The Balaban J connectivity index is 1.49. The third-order valence-corrected chi connectivity index (χ3v) is 5.04. The molecule has 2 aromatic rings. The molecule has 0 radical (unpaired) electrons. The average molecular weight is 332 g/mol. The predicted octanol–water partition coefficient (Wildman–Crippen LogP) is 3.98. The summed E-state index contributed by atoms with van der Waals surface area (Å²) in [5.41, 5.74) is 3.22. The van der Waals surface area contributed by atoms with E-state index < -0.39 is 0 Å². The Hall–Kier alpha value is -2.77. The molecule has 1 N–H and O–H groups in total. The molecule has 0 bridgehead atoms. The van der Waals surface area contributed by atoms with Gasteiger partial charge in [0.2, 0.25) is 0 Å². The van der Waals surface area contributed by atoms with Gasteiger partial charge in [-0.3, -0.25) is 0 Å². The smallest absolute Gasteiger partial charge is 0.140 e. The first-order valence-corrected chi connectivity index (χ1v) is 8.54. The van der Waals surface area contributed by atoms with Gasteiger partial charge in [-0.15, -0.1) is 0 Å². The van der Waals surface area contributed by atoms with E-state index in [4.69, 9.17) is 14.7 Å². The van der Waals surface area contributed by atoms with E-state index >= 15 is 0 Å². The van der Waals surface area contributed by atoms with Gasteiger partial charge in [0.15, 0.2) is 0 Å². The number of nitrogens with zero attached hydrogens (tertiary/aromatic N) is 1. The molecule has 126 valence electrons. The van der Waals surface area contributed by atoms with Crippen LogP contribution >= 0.6 is 0 Å². The number of nitriles is 1. The van der Waals surface area contributed by atoms with E-state index in [-0.39, 0.29) is 0 Å². The topological polar surface area (TPSA) is 54.3 Å². The standard InChI is InChI=1S/C21H20N2O2/c1-24-21-10-20(7-4-15(21)11-22)25-19-5-2-14(3-6-19)16-8-17-12-23-13-18(17)9-16/h2-8,10,17-18,23H,9,12-13H2,1H3/t17?,18-/m1/s1. The zero-order valence-electron chi connectivity index (χ0n) is 14.2. The van der Waals surface area contributed by atoms with Crippen LogP contribution in [-0.4, -0.2) is 20.2 Å². The minimum Gasteiger partial charge on any atom is -0.495 e. The Bertz CT molecular complexity index is 849. The van der Waals surface area contributed by atoms with Crippen molar-refractivity contribution >= 4 is 5.57 Å². The molecule has 0 amide bonds. The number of allylic oxidation sites excluding steroid dienone is 1. The second kappa shape index (κ2) is 6.62. The lowest BCUT2D eigenvalue weighted by atomic mass is 9.98. The third kappa shape index (κ3) is 3.11. The number of benzene rings is 2. The lowest BCUT2D eigenvalue weighted by Gasteiger charge is -2.10. The highest BCUT2D eigenvalue weighted by molar-refractivity contribution is 5.69. The van der Waals surface area contributed by atoms with Crippen LogP contribution in [0.3, 0.4) is 0 Å². The fraction of sp³-hybridized carbons (Fsp3) is 0.286. The molecule has 2 aliphatic rings. The molecule has 1 unspecified atom stereocenters. The van der Waals surface area contributed by atoms with Crippen LogP contribution in [0, 0.1) is 23.2 Å². The van der Waals surface area contributed by atoms with Crippen LogP contribution in [0.1, 0.15) is 17.5 Å². The van der Waals surface area contributed by atoms with Gasteiger partial charge < -0.3 is 14.8 Å². The van der Waals surface area contributed by atoms with Crippen molar-refractivity contribution in [3.8, 4) is 23.3 Å². The number of hydrogen-bond acceptors (Lipinski definition) is 4. The fourth-order valence-electron chi connectivity index (χ4n) is 3.70. The monoisotopic (exact) mass is 332 g/mol. The van der Waals surface area contributed by atoms with Crippen molar-refractivity contribution in [2.75, 3.05) is 20.2 Å². The van der Waals surface area contributed by atoms with Crippen LogP contribution in [0.25, 0.3) is 5.57 Å². The molecule has 25 heavy (non-hydrogen) atoms. The molecule has 2 aromatic carbocycles. The molecule has 4 rings (SSSR count). The minimum atomic E-state index is 0.499. The van der Waals surface area contributed by atoms with Crippen molar-refractivity contribution in [2.45, 2.75) is 6.42 Å². The maximum Gasteiger partial charge on any atom is 0.140 e. The lowest BCUT2D eigenvalue weighted by Crippen LogP contribution is -2.09. The van der Waals surface area contributed by atoms with E-state index in [0.717, 1.165) is 31.2 Å². The quantitative estimate of drug-likeness (QED) is 0.920. The molecule has 1 aliphatic heterocycles. The Labute approximate surface area is 147 Å². The summed E-state index contributed by atoms with van der Waals surface area (Å²) < 4.78 is 11.1. The van der Waals surface area contributed by atoms with Crippen molar-refractivity contribution in [2.24, 2.45) is 11.8 Å². The molecule has 1 heterocycles. The number of methoxy groups -OCH3 is 1. The predicted molar refractivity (Wildman–Crippen MR) is 96.7 cm³/mol. The summed E-state index contributed by atoms with van der Waals surface area (Å²) in [6.45, 7) is 2.24. The summed E-state index contributed by atoms with van der Waals surface area (Å²) in [4.78, 5) is 0. The summed E-state index contributed by atoms with van der Waals surface area (Å²) in [5, 5.41) is 12.5. The largest absolute Gasteiger partial charge is 0.495 e. The van der Waals surface area contributed by atoms with Gasteiger partial charge in [0.05, 0.1) is 12.7 Å². The molecule has 1 aliphatic carbocycles. The van der Waals surface area contributed by atoms with Gasteiger partial charge in [-0.1, -0.05) is 18.2 Å². The molecule has 0 spiro atoms. The van der Waals surface area contributed by atoms with Gasteiger partial charge in [-0.05, 0) is 60.2 Å². The fourth-order valence-corrected chi connectivity index (χ4v) is 3.70. The van der Waals surface area contributed by atoms with E-state index in [2.05, 4.69) is 29.6 Å². The van der Waals surface area contributed by atoms with Crippen LogP contribution in [0.4, 0.5) is 0 Å². The number of rotatable bonds is 4. The number of fused-ring (bicyclic) bond motifs is 1. The Morgan fingerprint density at radius 3 is 2.60 bits per heavy atom. The molecule has 4 heteroatoms. The summed E-state index contributed by atoms with van der Waals surface area (Å²) >= 11 is 0. The first kappa shape index (κ1) is 15.7. The highest BCUT2D eigenvalue weighted by Crippen LogP contribution is 2.38. The maximum atomic E-state index is 9.04. The van der Waals surface area contributed by atoms with Crippen LogP contribution in [0.15, 0.2) is 48.5 Å². The zero-order chi connectivity index (χ0) is 17.2. The van der Waals surface area contributed by atoms with Gasteiger partial charge >= 0.3 is 0 Å². The second-order valence-electron chi connectivity index (χ2n) is 6.58. The SMILES string of the molecule is COc1cc(Oc2ccc(C3=CC4CNC[C@H]4C3)cc2)ccc1C#N. The van der Waals surface area contributed by atoms with Crippen LogP contribution in [0.2, 0.25) is 0 Å². The summed E-state index contributed by atoms with van der Waals surface area (Å²) in [6.07, 6.45) is 3.58. The van der Waals surface area contributed by atoms with Crippen molar-refractivity contribution in [3.05, 3.63) is 59.7 Å². The lowest BCUT2D eigenvalue weighted by molar-refractivity contribution is 0.407. The minimum absolute atomic E-state index is 0.499. The van der Waals surface area contributed by atoms with Gasteiger partial charge in [-0.25, -0.2) is 0 Å². The summed E-state index contributed by atoms with van der Waals surface area (Å²) in [5.74, 6) is 3.40. The van der Waals surface area contributed by atoms with E-state index in [9.17, 15) is 0 Å². The Morgan fingerprint density at radius 1 is 1.08 bits per heavy atom. The molecule has 1 saturated heterocycles. The van der Waals surface area contributed by atoms with Gasteiger partial charge in [0.25, 0.3) is 0 Å². The highest BCUT2D eigenvalue weighted by Gasteiger charge is 2.31. The van der Waals surface area contributed by atoms with E-state index in [0.29, 0.717) is 23.0 Å². The third-order valence-electron chi connectivity index (χ3n) is 5.04. The molecule has 1 fully saturated rings. The molecule has 4 nitrogen and oxygen atoms in total. The zero-order valence-corrected chi connectivity index (χ0v) is 14.2. The highest BCUT2D eigenvalue weighted by atomic mass is 16.5. The van der Waals surface area contributed by atoms with Gasteiger partial charge in [0.1, 0.15) is 23.3 Å². The van der Waals surface area contributed by atoms with Crippen molar-refractivity contribution in [1.82, 2.24) is 5.32 Å². The van der Waals surface area contributed by atoms with E-state index in [1.807, 2.05) is 12.1 Å².